The first-order valence-corrected chi connectivity index (χ1v) is 5.89. The van der Waals surface area contributed by atoms with Crippen LogP contribution < -0.4 is 5.32 Å². The van der Waals surface area contributed by atoms with Crippen molar-refractivity contribution in [3.05, 3.63) is 29.6 Å². The molecule has 0 saturated heterocycles. The van der Waals surface area contributed by atoms with Gasteiger partial charge in [-0.15, -0.1) is 0 Å². The van der Waals surface area contributed by atoms with E-state index in [2.05, 4.69) is 10.3 Å². The molecule has 4 nitrogen and oxygen atoms in total. The maximum atomic E-state index is 11.9. The summed E-state index contributed by atoms with van der Waals surface area (Å²) in [5.74, 6) is 0.161. The van der Waals surface area contributed by atoms with E-state index in [1.165, 1.54) is 0 Å². The van der Waals surface area contributed by atoms with Crippen molar-refractivity contribution in [2.24, 2.45) is 5.92 Å². The van der Waals surface area contributed by atoms with Crippen LogP contribution in [0.3, 0.4) is 0 Å². The molecule has 0 fully saturated rings. The molecule has 1 amide bonds. The number of carbonyl (C=O) groups is 1. The second-order valence-corrected chi connectivity index (χ2v) is 4.52. The van der Waals surface area contributed by atoms with Gasteiger partial charge in [0, 0.05) is 24.5 Å². The number of pyridine rings is 1. The molecular formula is C13H20N2O2. The lowest BCUT2D eigenvalue weighted by Gasteiger charge is -2.21. The van der Waals surface area contributed by atoms with Crippen molar-refractivity contribution in [3.8, 4) is 0 Å². The van der Waals surface area contributed by atoms with Crippen LogP contribution in [0.4, 0.5) is 0 Å². The van der Waals surface area contributed by atoms with Crippen LogP contribution in [0.1, 0.15) is 36.3 Å². The minimum absolute atomic E-state index is 0.00574. The Bertz CT molecular complexity index is 360. The highest BCUT2D eigenvalue weighted by Crippen LogP contribution is 2.07. The highest BCUT2D eigenvalue weighted by atomic mass is 16.3. The second-order valence-electron chi connectivity index (χ2n) is 4.52. The molecule has 1 aromatic heterocycles. The Labute approximate surface area is 102 Å². The number of hydrogen-bond donors (Lipinski definition) is 2. The van der Waals surface area contributed by atoms with Gasteiger partial charge in [0.05, 0.1) is 5.56 Å². The maximum absolute atomic E-state index is 11.9. The number of hydrogen-bond acceptors (Lipinski definition) is 3. The standard InChI is InChI=1S/C13H20N2O2/c1-9(2)12(6-7-16)15-13(17)11-5-4-10(3)14-8-11/h4-5,8-9,12,16H,6-7H2,1-3H3,(H,15,17). The molecule has 94 valence electrons. The summed E-state index contributed by atoms with van der Waals surface area (Å²) in [4.78, 5) is 16.0. The van der Waals surface area contributed by atoms with Gasteiger partial charge in [-0.25, -0.2) is 0 Å². The molecule has 1 aromatic rings. The number of amides is 1. The van der Waals surface area contributed by atoms with E-state index in [0.717, 1.165) is 5.69 Å². The summed E-state index contributed by atoms with van der Waals surface area (Å²) in [6.45, 7) is 6.00. The monoisotopic (exact) mass is 236 g/mol. The fraction of sp³-hybridized carbons (Fsp3) is 0.538. The fourth-order valence-electron chi connectivity index (χ4n) is 1.57. The molecule has 17 heavy (non-hydrogen) atoms. The van der Waals surface area contributed by atoms with Gasteiger partial charge in [-0.3, -0.25) is 9.78 Å². The molecule has 0 aliphatic rings. The first-order chi connectivity index (χ1) is 8.04. The molecule has 0 radical (unpaired) electrons. The molecule has 2 N–H and O–H groups in total. The molecular weight excluding hydrogens is 216 g/mol. The largest absolute Gasteiger partial charge is 0.396 e. The first kappa shape index (κ1) is 13.6. The lowest BCUT2D eigenvalue weighted by atomic mass is 10.0. The fourth-order valence-corrected chi connectivity index (χ4v) is 1.57. The van der Waals surface area contributed by atoms with E-state index in [4.69, 9.17) is 5.11 Å². The summed E-state index contributed by atoms with van der Waals surface area (Å²) in [7, 11) is 0. The third kappa shape index (κ3) is 4.15. The quantitative estimate of drug-likeness (QED) is 0.815. The maximum Gasteiger partial charge on any atom is 0.253 e. The smallest absolute Gasteiger partial charge is 0.253 e. The van der Waals surface area contributed by atoms with Crippen molar-refractivity contribution in [1.29, 1.82) is 0 Å². The summed E-state index contributed by atoms with van der Waals surface area (Å²) in [6.07, 6.45) is 2.14. The topological polar surface area (TPSA) is 62.2 Å². The predicted octanol–water partition coefficient (Wildman–Crippen LogP) is 1.53. The SMILES string of the molecule is Cc1ccc(C(=O)NC(CCO)C(C)C)cn1. The van der Waals surface area contributed by atoms with Crippen molar-refractivity contribution in [3.63, 3.8) is 0 Å². The van der Waals surface area contributed by atoms with Gasteiger partial charge in [-0.2, -0.15) is 0 Å². The molecule has 0 spiro atoms. The third-order valence-electron chi connectivity index (χ3n) is 2.73. The van der Waals surface area contributed by atoms with Crippen molar-refractivity contribution in [1.82, 2.24) is 10.3 Å². The Kier molecular flexibility index (Phi) is 5.10. The van der Waals surface area contributed by atoms with Crippen molar-refractivity contribution in [2.75, 3.05) is 6.61 Å². The predicted molar refractivity (Wildman–Crippen MR) is 66.8 cm³/mol. The number of aliphatic hydroxyl groups excluding tert-OH is 1. The second kappa shape index (κ2) is 6.35. The summed E-state index contributed by atoms with van der Waals surface area (Å²) < 4.78 is 0. The Morgan fingerprint density at radius 1 is 1.47 bits per heavy atom. The average Bonchev–Trinajstić information content (AvgIpc) is 2.29. The van der Waals surface area contributed by atoms with E-state index < -0.39 is 0 Å². The molecule has 1 unspecified atom stereocenters. The van der Waals surface area contributed by atoms with Crippen LogP contribution in [0.15, 0.2) is 18.3 Å². The molecule has 0 saturated carbocycles. The minimum atomic E-state index is -0.135. The number of aryl methyl sites for hydroxylation is 1. The molecule has 0 aliphatic heterocycles. The van der Waals surface area contributed by atoms with Crippen molar-refractivity contribution in [2.45, 2.75) is 33.2 Å². The summed E-state index contributed by atoms with van der Waals surface area (Å²) >= 11 is 0. The Morgan fingerprint density at radius 3 is 2.65 bits per heavy atom. The third-order valence-corrected chi connectivity index (χ3v) is 2.73. The van der Waals surface area contributed by atoms with E-state index in [1.807, 2.05) is 26.8 Å². The van der Waals surface area contributed by atoms with Gasteiger partial charge in [0.25, 0.3) is 5.91 Å². The van der Waals surface area contributed by atoms with Crippen LogP contribution in [0.5, 0.6) is 0 Å². The molecule has 0 aromatic carbocycles. The average molecular weight is 236 g/mol. The number of nitrogens with zero attached hydrogens (tertiary/aromatic N) is 1. The minimum Gasteiger partial charge on any atom is -0.396 e. The Morgan fingerprint density at radius 2 is 2.18 bits per heavy atom. The van der Waals surface area contributed by atoms with Crippen molar-refractivity contribution >= 4 is 5.91 Å². The van der Waals surface area contributed by atoms with Gasteiger partial charge in [-0.1, -0.05) is 13.8 Å². The molecule has 0 aliphatic carbocycles. The summed E-state index contributed by atoms with van der Waals surface area (Å²) in [6, 6.07) is 3.56. The molecule has 0 bridgehead atoms. The van der Waals surface area contributed by atoms with Gasteiger partial charge in [0.2, 0.25) is 0 Å². The molecule has 4 heteroatoms. The van der Waals surface area contributed by atoms with Crippen LogP contribution >= 0.6 is 0 Å². The van der Waals surface area contributed by atoms with E-state index in [9.17, 15) is 4.79 Å². The van der Waals surface area contributed by atoms with Gasteiger partial charge < -0.3 is 10.4 Å². The number of nitrogens with one attached hydrogen (secondary N) is 1. The van der Waals surface area contributed by atoms with Gasteiger partial charge >= 0.3 is 0 Å². The first-order valence-electron chi connectivity index (χ1n) is 5.89. The van der Waals surface area contributed by atoms with Gasteiger partial charge in [0.15, 0.2) is 0 Å². The summed E-state index contributed by atoms with van der Waals surface area (Å²) in [5.41, 5.74) is 1.44. The lowest BCUT2D eigenvalue weighted by molar-refractivity contribution is 0.0916. The zero-order valence-electron chi connectivity index (χ0n) is 10.6. The number of carbonyl (C=O) groups excluding carboxylic acids is 1. The summed E-state index contributed by atoms with van der Waals surface area (Å²) in [5, 5.41) is 11.9. The molecule has 1 atom stereocenters. The zero-order valence-corrected chi connectivity index (χ0v) is 10.6. The Hall–Kier alpha value is -1.42. The molecule has 1 rings (SSSR count). The normalized spacial score (nSPS) is 12.5. The van der Waals surface area contributed by atoms with Crippen LogP contribution in [-0.2, 0) is 0 Å². The Balaban J connectivity index is 2.66. The van der Waals surface area contributed by atoms with Gasteiger partial charge in [-0.05, 0) is 31.4 Å². The van der Waals surface area contributed by atoms with Crippen LogP contribution in [0.2, 0.25) is 0 Å². The van der Waals surface area contributed by atoms with E-state index in [1.54, 1.807) is 12.3 Å². The van der Waals surface area contributed by atoms with E-state index in [-0.39, 0.29) is 18.6 Å². The van der Waals surface area contributed by atoms with Crippen LogP contribution in [-0.4, -0.2) is 28.6 Å². The van der Waals surface area contributed by atoms with E-state index >= 15 is 0 Å². The highest BCUT2D eigenvalue weighted by Gasteiger charge is 2.16. The zero-order chi connectivity index (χ0) is 12.8. The van der Waals surface area contributed by atoms with Gasteiger partial charge in [0.1, 0.15) is 0 Å². The number of rotatable bonds is 5. The van der Waals surface area contributed by atoms with E-state index in [0.29, 0.717) is 17.9 Å². The highest BCUT2D eigenvalue weighted by molar-refractivity contribution is 5.94. The van der Waals surface area contributed by atoms with Crippen LogP contribution in [0.25, 0.3) is 0 Å². The van der Waals surface area contributed by atoms with Crippen molar-refractivity contribution < 1.29 is 9.90 Å². The number of aliphatic hydroxyl groups is 1. The lowest BCUT2D eigenvalue weighted by Crippen LogP contribution is -2.39. The molecule has 1 heterocycles. The van der Waals surface area contributed by atoms with Crippen LogP contribution in [0, 0.1) is 12.8 Å². The number of aromatic nitrogens is 1.